The first-order chi connectivity index (χ1) is 10.4. The van der Waals surface area contributed by atoms with Gasteiger partial charge in [0.05, 0.1) is 0 Å². The fourth-order valence-electron chi connectivity index (χ4n) is 2.69. The molecule has 2 rings (SSSR count). The van der Waals surface area contributed by atoms with Gasteiger partial charge >= 0.3 is 0 Å². The number of hydrogen-bond acceptors (Lipinski definition) is 3. The van der Waals surface area contributed by atoms with Crippen molar-refractivity contribution in [3.05, 3.63) is 29.8 Å². The summed E-state index contributed by atoms with van der Waals surface area (Å²) in [7, 11) is 0. The minimum Gasteiger partial charge on any atom is -0.484 e. The molecule has 0 aromatic heterocycles. The number of rotatable bonds is 4. The number of ether oxygens (including phenoxy) is 1. The van der Waals surface area contributed by atoms with E-state index in [0.29, 0.717) is 6.04 Å². The molecule has 1 aromatic carbocycles. The average Bonchev–Trinajstić information content (AvgIpc) is 2.47. The standard InChI is InChI=1S/C18H28N2O2/c1-13-16(6-5-11-19-13)20-17(21)12-22-15-9-7-14(8-10-15)18(2,3)4/h7-10,13,16,19H,5-6,11-12H2,1-4H3,(H,20,21). The van der Waals surface area contributed by atoms with E-state index in [1.165, 1.54) is 5.56 Å². The number of piperidine rings is 1. The van der Waals surface area contributed by atoms with Gasteiger partial charge in [-0.1, -0.05) is 32.9 Å². The van der Waals surface area contributed by atoms with Crippen molar-refractivity contribution in [3.63, 3.8) is 0 Å². The van der Waals surface area contributed by atoms with Crippen LogP contribution < -0.4 is 15.4 Å². The van der Waals surface area contributed by atoms with Gasteiger partial charge in [0.15, 0.2) is 6.61 Å². The molecule has 122 valence electrons. The van der Waals surface area contributed by atoms with Crippen molar-refractivity contribution in [2.75, 3.05) is 13.2 Å². The van der Waals surface area contributed by atoms with Gasteiger partial charge in [-0.2, -0.15) is 0 Å². The van der Waals surface area contributed by atoms with Gasteiger partial charge in [-0.05, 0) is 49.4 Å². The van der Waals surface area contributed by atoms with E-state index in [-0.39, 0.29) is 24.0 Å². The summed E-state index contributed by atoms with van der Waals surface area (Å²) in [6, 6.07) is 8.50. The van der Waals surface area contributed by atoms with Gasteiger partial charge in [0.25, 0.3) is 5.91 Å². The molecule has 1 aliphatic heterocycles. The Balaban J connectivity index is 1.81. The van der Waals surface area contributed by atoms with Crippen LogP contribution >= 0.6 is 0 Å². The quantitative estimate of drug-likeness (QED) is 0.899. The molecule has 4 heteroatoms. The van der Waals surface area contributed by atoms with Gasteiger partial charge in [0, 0.05) is 12.1 Å². The predicted octanol–water partition coefficient (Wildman–Crippen LogP) is 2.62. The molecule has 0 saturated carbocycles. The first kappa shape index (κ1) is 16.8. The predicted molar refractivity (Wildman–Crippen MR) is 89.3 cm³/mol. The topological polar surface area (TPSA) is 50.4 Å². The molecule has 1 fully saturated rings. The number of carbonyl (C=O) groups excluding carboxylic acids is 1. The van der Waals surface area contributed by atoms with Crippen molar-refractivity contribution >= 4 is 5.91 Å². The maximum absolute atomic E-state index is 12.0. The zero-order valence-corrected chi connectivity index (χ0v) is 14.1. The van der Waals surface area contributed by atoms with Crippen molar-refractivity contribution in [1.82, 2.24) is 10.6 Å². The fourth-order valence-corrected chi connectivity index (χ4v) is 2.69. The largest absolute Gasteiger partial charge is 0.484 e. The Morgan fingerprint density at radius 1 is 1.32 bits per heavy atom. The minimum atomic E-state index is -0.0551. The van der Waals surface area contributed by atoms with Gasteiger partial charge in [-0.3, -0.25) is 4.79 Å². The van der Waals surface area contributed by atoms with Gasteiger partial charge in [0.1, 0.15) is 5.75 Å². The molecule has 0 spiro atoms. The number of hydrogen-bond donors (Lipinski definition) is 2. The highest BCUT2D eigenvalue weighted by Crippen LogP contribution is 2.24. The first-order valence-corrected chi connectivity index (χ1v) is 8.12. The zero-order valence-electron chi connectivity index (χ0n) is 14.1. The molecule has 1 aliphatic rings. The van der Waals surface area contributed by atoms with Gasteiger partial charge in [-0.25, -0.2) is 0 Å². The second-order valence-electron chi connectivity index (χ2n) is 7.12. The van der Waals surface area contributed by atoms with Crippen molar-refractivity contribution in [1.29, 1.82) is 0 Å². The average molecular weight is 304 g/mol. The molecule has 2 unspecified atom stereocenters. The van der Waals surface area contributed by atoms with Crippen molar-refractivity contribution in [2.24, 2.45) is 0 Å². The third kappa shape index (κ3) is 4.73. The van der Waals surface area contributed by atoms with Crippen molar-refractivity contribution in [3.8, 4) is 5.75 Å². The number of nitrogens with one attached hydrogen (secondary N) is 2. The highest BCUT2D eigenvalue weighted by Gasteiger charge is 2.22. The Kier molecular flexibility index (Phi) is 5.46. The lowest BCUT2D eigenvalue weighted by molar-refractivity contribution is -0.124. The van der Waals surface area contributed by atoms with Crippen LogP contribution in [0.5, 0.6) is 5.75 Å². The van der Waals surface area contributed by atoms with Crippen LogP contribution in [0.25, 0.3) is 0 Å². The van der Waals surface area contributed by atoms with Gasteiger partial charge in [0.2, 0.25) is 0 Å². The summed E-state index contributed by atoms with van der Waals surface area (Å²) in [5.74, 6) is 0.679. The van der Waals surface area contributed by atoms with Gasteiger partial charge < -0.3 is 15.4 Å². The summed E-state index contributed by atoms with van der Waals surface area (Å²) in [6.07, 6.45) is 2.13. The van der Waals surface area contributed by atoms with Crippen molar-refractivity contribution < 1.29 is 9.53 Å². The molecule has 1 aromatic rings. The third-order valence-corrected chi connectivity index (χ3v) is 4.20. The molecule has 4 nitrogen and oxygen atoms in total. The maximum atomic E-state index is 12.0. The summed E-state index contributed by atoms with van der Waals surface area (Å²) in [5, 5.41) is 6.42. The Labute approximate surface area is 133 Å². The number of amides is 1. The molecule has 1 heterocycles. The van der Waals surface area contributed by atoms with E-state index in [1.54, 1.807) is 0 Å². The monoisotopic (exact) mass is 304 g/mol. The SMILES string of the molecule is CC1NCCCC1NC(=O)COc1ccc(C(C)(C)C)cc1. The van der Waals surface area contributed by atoms with Crippen molar-refractivity contribution in [2.45, 2.75) is 58.0 Å². The van der Waals surface area contributed by atoms with Gasteiger partial charge in [-0.15, -0.1) is 0 Å². The second kappa shape index (κ2) is 7.14. The highest BCUT2D eigenvalue weighted by molar-refractivity contribution is 5.77. The van der Waals surface area contributed by atoms with E-state index in [4.69, 9.17) is 4.74 Å². The normalized spacial score (nSPS) is 22.2. The van der Waals surface area contributed by atoms with Crippen LogP contribution in [0.1, 0.15) is 46.1 Å². The Morgan fingerprint density at radius 2 is 2.00 bits per heavy atom. The molecular formula is C18H28N2O2. The van der Waals surface area contributed by atoms with E-state index in [9.17, 15) is 4.79 Å². The lowest BCUT2D eigenvalue weighted by atomic mass is 9.87. The minimum absolute atomic E-state index is 0.0551. The Morgan fingerprint density at radius 3 is 2.59 bits per heavy atom. The molecule has 1 amide bonds. The lowest BCUT2D eigenvalue weighted by Gasteiger charge is -2.30. The van der Waals surface area contributed by atoms with Crippen LogP contribution in [-0.2, 0) is 10.2 Å². The number of carbonyl (C=O) groups is 1. The number of benzene rings is 1. The summed E-state index contributed by atoms with van der Waals surface area (Å²) in [6.45, 7) is 9.74. The lowest BCUT2D eigenvalue weighted by Crippen LogP contribution is -2.52. The smallest absolute Gasteiger partial charge is 0.258 e. The molecule has 0 aliphatic carbocycles. The zero-order chi connectivity index (χ0) is 16.2. The molecule has 1 saturated heterocycles. The van der Waals surface area contributed by atoms with Crippen LogP contribution in [0.4, 0.5) is 0 Å². The van der Waals surface area contributed by atoms with E-state index in [2.05, 4.69) is 50.5 Å². The van der Waals surface area contributed by atoms with Crippen LogP contribution in [0, 0.1) is 0 Å². The first-order valence-electron chi connectivity index (χ1n) is 8.12. The highest BCUT2D eigenvalue weighted by atomic mass is 16.5. The molecule has 2 atom stereocenters. The van der Waals surface area contributed by atoms with Crippen LogP contribution in [0.15, 0.2) is 24.3 Å². The molecule has 0 bridgehead atoms. The maximum Gasteiger partial charge on any atom is 0.258 e. The van der Waals surface area contributed by atoms with E-state index >= 15 is 0 Å². The van der Waals surface area contributed by atoms with Crippen LogP contribution in [0.2, 0.25) is 0 Å². The van der Waals surface area contributed by atoms with E-state index in [1.807, 2.05) is 12.1 Å². The Bertz CT molecular complexity index is 491. The molecule has 22 heavy (non-hydrogen) atoms. The summed E-state index contributed by atoms with van der Waals surface area (Å²) >= 11 is 0. The molecular weight excluding hydrogens is 276 g/mol. The summed E-state index contributed by atoms with van der Waals surface area (Å²) < 4.78 is 5.58. The Hall–Kier alpha value is -1.55. The van der Waals surface area contributed by atoms with E-state index < -0.39 is 0 Å². The molecule has 2 N–H and O–H groups in total. The summed E-state index contributed by atoms with van der Waals surface area (Å²) in [5.41, 5.74) is 1.38. The second-order valence-corrected chi connectivity index (χ2v) is 7.12. The summed E-state index contributed by atoms with van der Waals surface area (Å²) in [4.78, 5) is 12.0. The van der Waals surface area contributed by atoms with E-state index in [0.717, 1.165) is 25.1 Å². The third-order valence-electron chi connectivity index (χ3n) is 4.20. The van der Waals surface area contributed by atoms with Crippen LogP contribution in [-0.4, -0.2) is 31.1 Å². The fraction of sp³-hybridized carbons (Fsp3) is 0.611. The van der Waals surface area contributed by atoms with Crippen LogP contribution in [0.3, 0.4) is 0 Å². The molecule has 0 radical (unpaired) electrons.